The predicted octanol–water partition coefficient (Wildman–Crippen LogP) is 4.85. The largest absolute Gasteiger partial charge is 0.495 e. The molecule has 24 heavy (non-hydrogen) atoms. The maximum Gasteiger partial charge on any atom is 0.323 e. The third-order valence-corrected chi connectivity index (χ3v) is 3.80. The zero-order valence-corrected chi connectivity index (χ0v) is 14.0. The van der Waals surface area contributed by atoms with Crippen LogP contribution in [0.1, 0.15) is 5.69 Å². The molecule has 3 rings (SSSR count). The Morgan fingerprint density at radius 1 is 1.12 bits per heavy atom. The van der Waals surface area contributed by atoms with Crippen LogP contribution in [0.4, 0.5) is 16.2 Å². The molecule has 0 spiro atoms. The van der Waals surface area contributed by atoms with Gasteiger partial charge in [-0.2, -0.15) is 0 Å². The molecule has 0 bridgehead atoms. The highest BCUT2D eigenvalue weighted by atomic mass is 35.5. The summed E-state index contributed by atoms with van der Waals surface area (Å²) >= 11 is 6.07. The van der Waals surface area contributed by atoms with Crippen molar-refractivity contribution in [1.82, 2.24) is 4.98 Å². The first-order chi connectivity index (χ1) is 11.6. The number of nitrogens with zero attached hydrogens (tertiary/aromatic N) is 1. The fourth-order valence-electron chi connectivity index (χ4n) is 2.44. The summed E-state index contributed by atoms with van der Waals surface area (Å²) in [4.78, 5) is 16.7. The van der Waals surface area contributed by atoms with Gasteiger partial charge in [-0.15, -0.1) is 0 Å². The molecule has 3 aromatic rings. The van der Waals surface area contributed by atoms with E-state index in [2.05, 4.69) is 15.6 Å². The number of benzene rings is 2. The van der Waals surface area contributed by atoms with Crippen molar-refractivity contribution in [2.75, 3.05) is 17.7 Å². The van der Waals surface area contributed by atoms with Crippen LogP contribution in [0.2, 0.25) is 5.02 Å². The molecule has 0 atom stereocenters. The van der Waals surface area contributed by atoms with Gasteiger partial charge in [0.15, 0.2) is 0 Å². The minimum Gasteiger partial charge on any atom is -0.495 e. The number of ether oxygens (including phenoxy) is 1. The molecule has 0 aliphatic carbocycles. The lowest BCUT2D eigenvalue weighted by Crippen LogP contribution is -2.19. The highest BCUT2D eigenvalue weighted by Crippen LogP contribution is 2.27. The lowest BCUT2D eigenvalue weighted by Gasteiger charge is -2.12. The van der Waals surface area contributed by atoms with E-state index in [-0.39, 0.29) is 6.03 Å². The Labute approximate surface area is 144 Å². The molecule has 0 saturated heterocycles. The van der Waals surface area contributed by atoms with Crippen molar-refractivity contribution in [3.05, 3.63) is 59.2 Å². The van der Waals surface area contributed by atoms with Gasteiger partial charge in [-0.1, -0.05) is 29.8 Å². The van der Waals surface area contributed by atoms with Gasteiger partial charge in [0.25, 0.3) is 0 Å². The summed E-state index contributed by atoms with van der Waals surface area (Å²) in [7, 11) is 1.54. The second-order valence-electron chi connectivity index (χ2n) is 5.26. The second-order valence-corrected chi connectivity index (χ2v) is 5.66. The van der Waals surface area contributed by atoms with Gasteiger partial charge in [0.05, 0.1) is 23.3 Å². The monoisotopic (exact) mass is 341 g/mol. The number of aromatic nitrogens is 1. The Hall–Kier alpha value is -2.79. The summed E-state index contributed by atoms with van der Waals surface area (Å²) in [5.74, 6) is 0.554. The number of hydrogen-bond donors (Lipinski definition) is 2. The van der Waals surface area contributed by atoms with Gasteiger partial charge in [-0.3, -0.25) is 4.98 Å². The average molecular weight is 342 g/mol. The van der Waals surface area contributed by atoms with Crippen molar-refractivity contribution in [3.8, 4) is 5.75 Å². The number of halogens is 1. The van der Waals surface area contributed by atoms with Crippen molar-refractivity contribution in [2.24, 2.45) is 0 Å². The summed E-state index contributed by atoms with van der Waals surface area (Å²) < 4.78 is 5.09. The number of nitrogens with one attached hydrogen (secondary N) is 2. The van der Waals surface area contributed by atoms with Crippen molar-refractivity contribution < 1.29 is 9.53 Å². The van der Waals surface area contributed by atoms with Crippen molar-refractivity contribution in [2.45, 2.75) is 6.92 Å². The first-order valence-electron chi connectivity index (χ1n) is 7.35. The number of carbonyl (C=O) groups is 1. The molecule has 2 aromatic carbocycles. The van der Waals surface area contributed by atoms with E-state index in [1.807, 2.05) is 37.3 Å². The van der Waals surface area contributed by atoms with Gasteiger partial charge >= 0.3 is 6.03 Å². The Morgan fingerprint density at radius 2 is 1.92 bits per heavy atom. The topological polar surface area (TPSA) is 63.2 Å². The summed E-state index contributed by atoms with van der Waals surface area (Å²) in [6, 6.07) is 14.2. The van der Waals surface area contributed by atoms with E-state index >= 15 is 0 Å². The molecule has 2 amide bonds. The van der Waals surface area contributed by atoms with E-state index in [0.717, 1.165) is 16.6 Å². The minimum atomic E-state index is -0.355. The van der Waals surface area contributed by atoms with Crippen LogP contribution in [-0.4, -0.2) is 18.1 Å². The van der Waals surface area contributed by atoms with Gasteiger partial charge in [0.2, 0.25) is 0 Å². The molecule has 1 heterocycles. The highest BCUT2D eigenvalue weighted by molar-refractivity contribution is 6.32. The van der Waals surface area contributed by atoms with E-state index < -0.39 is 0 Å². The molecule has 0 aliphatic heterocycles. The summed E-state index contributed by atoms with van der Waals surface area (Å²) in [6.07, 6.45) is 0. The molecule has 0 radical (unpaired) electrons. The molecule has 0 aliphatic rings. The number of fused-ring (bicyclic) bond motifs is 1. The van der Waals surface area contributed by atoms with E-state index in [1.165, 1.54) is 7.11 Å². The summed E-state index contributed by atoms with van der Waals surface area (Å²) in [6.45, 7) is 1.89. The van der Waals surface area contributed by atoms with Gasteiger partial charge in [-0.25, -0.2) is 4.79 Å². The highest BCUT2D eigenvalue weighted by Gasteiger charge is 2.09. The molecule has 5 nitrogen and oxygen atoms in total. The normalized spacial score (nSPS) is 10.5. The lowest BCUT2D eigenvalue weighted by molar-refractivity contribution is 0.262. The maximum absolute atomic E-state index is 12.3. The van der Waals surface area contributed by atoms with Crippen molar-refractivity contribution in [3.63, 3.8) is 0 Å². The minimum absolute atomic E-state index is 0.355. The second kappa shape index (κ2) is 6.76. The zero-order valence-electron chi connectivity index (χ0n) is 13.3. The smallest absolute Gasteiger partial charge is 0.323 e. The van der Waals surface area contributed by atoms with Crippen LogP contribution < -0.4 is 15.4 Å². The van der Waals surface area contributed by atoms with Crippen LogP contribution in [-0.2, 0) is 0 Å². The van der Waals surface area contributed by atoms with E-state index in [1.54, 1.807) is 18.2 Å². The Kier molecular flexibility index (Phi) is 4.53. The van der Waals surface area contributed by atoms with E-state index in [0.29, 0.717) is 22.1 Å². The Balaban J connectivity index is 1.81. The summed E-state index contributed by atoms with van der Waals surface area (Å²) in [5.41, 5.74) is 2.94. The number of pyridine rings is 1. The van der Waals surface area contributed by atoms with Crippen LogP contribution in [0.5, 0.6) is 5.75 Å². The van der Waals surface area contributed by atoms with Crippen LogP contribution >= 0.6 is 11.6 Å². The van der Waals surface area contributed by atoms with Gasteiger partial charge in [0.1, 0.15) is 5.75 Å². The number of hydrogen-bond acceptors (Lipinski definition) is 3. The third kappa shape index (κ3) is 3.41. The number of amides is 2. The number of carbonyl (C=O) groups excluding carboxylic acids is 1. The molecular formula is C18H16ClN3O2. The fraction of sp³-hybridized carbons (Fsp3) is 0.111. The molecular weight excluding hydrogens is 326 g/mol. The predicted molar refractivity (Wildman–Crippen MR) is 97.1 cm³/mol. The number of para-hydroxylation sites is 1. The number of methoxy groups -OCH3 is 1. The third-order valence-electron chi connectivity index (χ3n) is 3.50. The molecule has 122 valence electrons. The first kappa shape index (κ1) is 16.1. The first-order valence-corrected chi connectivity index (χ1v) is 7.72. The Bertz CT molecular complexity index is 912. The number of urea groups is 1. The number of aryl methyl sites for hydroxylation is 1. The van der Waals surface area contributed by atoms with Crippen molar-refractivity contribution >= 4 is 39.9 Å². The molecule has 0 fully saturated rings. The van der Waals surface area contributed by atoms with Gasteiger partial charge < -0.3 is 15.4 Å². The fourth-order valence-corrected chi connectivity index (χ4v) is 2.70. The summed E-state index contributed by atoms with van der Waals surface area (Å²) in [5, 5.41) is 6.93. The van der Waals surface area contributed by atoms with Crippen LogP contribution in [0.25, 0.3) is 10.9 Å². The zero-order chi connectivity index (χ0) is 17.1. The standard InChI is InChI=1S/C18H16ClN3O2/c1-11-9-16(13-5-3-4-6-15(13)20-11)22-18(23)21-12-7-8-17(24-2)14(19)10-12/h3-10H,1-2H3,(H2,20,21,22,23). The van der Waals surface area contributed by atoms with Crippen LogP contribution in [0.3, 0.4) is 0 Å². The molecule has 2 N–H and O–H groups in total. The lowest BCUT2D eigenvalue weighted by atomic mass is 10.1. The number of rotatable bonds is 3. The number of anilines is 2. The molecule has 0 unspecified atom stereocenters. The molecule has 0 saturated carbocycles. The SMILES string of the molecule is COc1ccc(NC(=O)Nc2cc(C)nc3ccccc23)cc1Cl. The van der Waals surface area contributed by atoms with Gasteiger partial charge in [-0.05, 0) is 37.3 Å². The maximum atomic E-state index is 12.3. The van der Waals surface area contributed by atoms with Crippen LogP contribution in [0, 0.1) is 6.92 Å². The van der Waals surface area contributed by atoms with E-state index in [4.69, 9.17) is 16.3 Å². The molecule has 1 aromatic heterocycles. The van der Waals surface area contributed by atoms with E-state index in [9.17, 15) is 4.79 Å². The quantitative estimate of drug-likeness (QED) is 0.715. The van der Waals surface area contributed by atoms with Crippen LogP contribution in [0.15, 0.2) is 48.5 Å². The Morgan fingerprint density at radius 3 is 2.67 bits per heavy atom. The molecule has 6 heteroatoms. The van der Waals surface area contributed by atoms with Crippen molar-refractivity contribution in [1.29, 1.82) is 0 Å². The average Bonchev–Trinajstić information content (AvgIpc) is 2.54. The van der Waals surface area contributed by atoms with Gasteiger partial charge in [0, 0.05) is 16.8 Å².